The number of ether oxygens (including phenoxy) is 1. The Hall–Kier alpha value is -1.63. The molecule has 0 spiro atoms. The van der Waals surface area contributed by atoms with E-state index in [1.807, 2.05) is 0 Å². The van der Waals surface area contributed by atoms with E-state index in [0.29, 0.717) is 45.6 Å². The van der Waals surface area contributed by atoms with E-state index in [-0.39, 0.29) is 36.2 Å². The van der Waals surface area contributed by atoms with Gasteiger partial charge in [0.2, 0.25) is 11.8 Å². The van der Waals surface area contributed by atoms with E-state index in [0.717, 1.165) is 0 Å². The van der Waals surface area contributed by atoms with Crippen LogP contribution in [0.4, 0.5) is 0 Å². The van der Waals surface area contributed by atoms with Gasteiger partial charge in [0, 0.05) is 33.2 Å². The fourth-order valence-electron chi connectivity index (χ4n) is 2.78. The maximum Gasteiger partial charge on any atom is 0.309 e. The Morgan fingerprint density at radius 1 is 1.18 bits per heavy atom. The van der Waals surface area contributed by atoms with Crippen molar-refractivity contribution in [2.45, 2.75) is 19.8 Å². The van der Waals surface area contributed by atoms with Crippen LogP contribution in [0.15, 0.2) is 0 Å². The summed E-state index contributed by atoms with van der Waals surface area (Å²) in [4.78, 5) is 39.2. The molecule has 0 atom stereocenters. The van der Waals surface area contributed by atoms with Crippen molar-refractivity contribution in [2.75, 3.05) is 46.4 Å². The lowest BCUT2D eigenvalue weighted by Gasteiger charge is -2.34. The molecule has 0 aromatic carbocycles. The van der Waals surface area contributed by atoms with Gasteiger partial charge in [0.25, 0.3) is 0 Å². The minimum atomic E-state index is -0.167. The van der Waals surface area contributed by atoms with Gasteiger partial charge in [0.15, 0.2) is 0 Å². The summed E-state index contributed by atoms with van der Waals surface area (Å²) in [5.74, 6) is -0.296. The average molecular weight is 311 g/mol. The molecular weight excluding hydrogens is 286 g/mol. The molecule has 7 heteroatoms. The minimum Gasteiger partial charge on any atom is -0.466 e. The van der Waals surface area contributed by atoms with Gasteiger partial charge in [-0.3, -0.25) is 14.4 Å². The zero-order chi connectivity index (χ0) is 16.1. The van der Waals surface area contributed by atoms with E-state index < -0.39 is 0 Å². The summed E-state index contributed by atoms with van der Waals surface area (Å²) in [5.41, 5.74) is 0. The van der Waals surface area contributed by atoms with Crippen LogP contribution in [0.25, 0.3) is 0 Å². The smallest absolute Gasteiger partial charge is 0.309 e. The van der Waals surface area contributed by atoms with E-state index in [2.05, 4.69) is 5.32 Å². The second-order valence-electron chi connectivity index (χ2n) is 5.96. The molecule has 0 bridgehead atoms. The molecular formula is C15H25N3O4. The third-order valence-corrected chi connectivity index (χ3v) is 4.35. The molecule has 2 fully saturated rings. The molecule has 0 saturated carbocycles. The SMILES string of the molecule is CCOC(=O)C1CCN(C(=O)CN(C)C(=O)C2CNC2)CC1. The average Bonchev–Trinajstić information content (AvgIpc) is 2.45. The maximum absolute atomic E-state index is 12.2. The van der Waals surface area contributed by atoms with Crippen LogP contribution >= 0.6 is 0 Å². The first-order valence-corrected chi connectivity index (χ1v) is 7.93. The summed E-state index contributed by atoms with van der Waals surface area (Å²) in [5, 5.41) is 3.05. The van der Waals surface area contributed by atoms with Gasteiger partial charge in [-0.25, -0.2) is 0 Å². The summed E-state index contributed by atoms with van der Waals surface area (Å²) in [6.07, 6.45) is 1.27. The number of likely N-dealkylation sites (N-methyl/N-ethyl adjacent to an activating group) is 1. The van der Waals surface area contributed by atoms with Crippen molar-refractivity contribution >= 4 is 17.8 Å². The number of hydrogen-bond acceptors (Lipinski definition) is 5. The highest BCUT2D eigenvalue weighted by molar-refractivity contribution is 5.86. The van der Waals surface area contributed by atoms with Crippen molar-refractivity contribution in [3.8, 4) is 0 Å². The number of hydrogen-bond donors (Lipinski definition) is 1. The van der Waals surface area contributed by atoms with Crippen molar-refractivity contribution < 1.29 is 19.1 Å². The Balaban J connectivity index is 1.74. The number of piperidine rings is 1. The lowest BCUT2D eigenvalue weighted by Crippen LogP contribution is -2.53. The third-order valence-electron chi connectivity index (χ3n) is 4.35. The predicted octanol–water partition coefficient (Wildman–Crippen LogP) is -0.534. The van der Waals surface area contributed by atoms with Crippen LogP contribution in [-0.2, 0) is 19.1 Å². The van der Waals surface area contributed by atoms with E-state index in [4.69, 9.17) is 4.74 Å². The number of nitrogens with zero attached hydrogens (tertiary/aromatic N) is 2. The molecule has 0 unspecified atom stereocenters. The van der Waals surface area contributed by atoms with E-state index in [1.54, 1.807) is 18.9 Å². The summed E-state index contributed by atoms with van der Waals surface area (Å²) < 4.78 is 5.02. The lowest BCUT2D eigenvalue weighted by atomic mass is 9.97. The van der Waals surface area contributed by atoms with Crippen molar-refractivity contribution in [3.63, 3.8) is 0 Å². The zero-order valence-corrected chi connectivity index (χ0v) is 13.3. The van der Waals surface area contributed by atoms with Gasteiger partial charge in [-0.2, -0.15) is 0 Å². The van der Waals surface area contributed by atoms with Gasteiger partial charge in [-0.15, -0.1) is 0 Å². The molecule has 0 aliphatic carbocycles. The summed E-state index contributed by atoms with van der Waals surface area (Å²) >= 11 is 0. The Labute approximate surface area is 131 Å². The molecule has 2 heterocycles. The Morgan fingerprint density at radius 2 is 1.82 bits per heavy atom. The molecule has 2 aliphatic rings. The summed E-state index contributed by atoms with van der Waals surface area (Å²) in [6.45, 7) is 4.79. The highest BCUT2D eigenvalue weighted by Gasteiger charge is 2.31. The molecule has 0 aromatic heterocycles. The van der Waals surface area contributed by atoms with Crippen LogP contribution in [-0.4, -0.2) is 74.0 Å². The molecule has 124 valence electrons. The van der Waals surface area contributed by atoms with Crippen molar-refractivity contribution in [1.29, 1.82) is 0 Å². The first kappa shape index (κ1) is 16.7. The number of carbonyl (C=O) groups excluding carboxylic acids is 3. The summed E-state index contributed by atoms with van der Waals surface area (Å²) in [7, 11) is 1.67. The van der Waals surface area contributed by atoms with Crippen molar-refractivity contribution in [3.05, 3.63) is 0 Å². The molecule has 0 aromatic rings. The molecule has 2 amide bonds. The van der Waals surface area contributed by atoms with Crippen LogP contribution in [0.1, 0.15) is 19.8 Å². The zero-order valence-electron chi connectivity index (χ0n) is 13.3. The quantitative estimate of drug-likeness (QED) is 0.690. The lowest BCUT2D eigenvalue weighted by molar-refractivity contribution is -0.151. The molecule has 2 aliphatic heterocycles. The number of likely N-dealkylation sites (tertiary alicyclic amines) is 1. The number of carbonyl (C=O) groups is 3. The largest absolute Gasteiger partial charge is 0.466 e. The monoisotopic (exact) mass is 311 g/mol. The number of rotatable bonds is 5. The molecule has 2 saturated heterocycles. The van der Waals surface area contributed by atoms with Gasteiger partial charge < -0.3 is 19.9 Å². The first-order chi connectivity index (χ1) is 10.5. The Kier molecular flexibility index (Phi) is 5.76. The van der Waals surface area contributed by atoms with Crippen LogP contribution in [0.2, 0.25) is 0 Å². The fraction of sp³-hybridized carbons (Fsp3) is 0.800. The molecule has 2 rings (SSSR count). The highest BCUT2D eigenvalue weighted by atomic mass is 16.5. The van der Waals surface area contributed by atoms with Crippen molar-refractivity contribution in [2.24, 2.45) is 11.8 Å². The van der Waals surface area contributed by atoms with E-state index in [1.165, 1.54) is 4.90 Å². The Morgan fingerprint density at radius 3 is 2.32 bits per heavy atom. The van der Waals surface area contributed by atoms with E-state index >= 15 is 0 Å². The van der Waals surface area contributed by atoms with Crippen LogP contribution in [0, 0.1) is 11.8 Å². The van der Waals surface area contributed by atoms with Crippen LogP contribution in [0.3, 0.4) is 0 Å². The van der Waals surface area contributed by atoms with Crippen LogP contribution in [0.5, 0.6) is 0 Å². The minimum absolute atomic E-state index is 0.00681. The topological polar surface area (TPSA) is 79.0 Å². The maximum atomic E-state index is 12.2. The second-order valence-corrected chi connectivity index (χ2v) is 5.96. The fourth-order valence-corrected chi connectivity index (χ4v) is 2.78. The standard InChI is InChI=1S/C15H25N3O4/c1-3-22-15(21)11-4-6-18(7-5-11)13(19)10-17(2)14(20)12-8-16-9-12/h11-12,16H,3-10H2,1-2H3. The highest BCUT2D eigenvalue weighted by Crippen LogP contribution is 2.19. The first-order valence-electron chi connectivity index (χ1n) is 7.93. The third kappa shape index (κ3) is 3.97. The molecule has 7 nitrogen and oxygen atoms in total. The second kappa shape index (κ2) is 7.58. The number of esters is 1. The van der Waals surface area contributed by atoms with Gasteiger partial charge in [0.05, 0.1) is 25.0 Å². The van der Waals surface area contributed by atoms with Crippen LogP contribution < -0.4 is 5.32 Å². The normalized spacial score (nSPS) is 19.5. The molecule has 1 N–H and O–H groups in total. The summed E-state index contributed by atoms with van der Waals surface area (Å²) in [6, 6.07) is 0. The Bertz CT molecular complexity index is 429. The molecule has 22 heavy (non-hydrogen) atoms. The van der Waals surface area contributed by atoms with E-state index in [9.17, 15) is 14.4 Å². The molecule has 0 radical (unpaired) electrons. The predicted molar refractivity (Wildman–Crippen MR) is 79.9 cm³/mol. The number of nitrogens with one attached hydrogen (secondary N) is 1. The van der Waals surface area contributed by atoms with Gasteiger partial charge in [-0.1, -0.05) is 0 Å². The van der Waals surface area contributed by atoms with Gasteiger partial charge >= 0.3 is 5.97 Å². The number of amides is 2. The van der Waals surface area contributed by atoms with Crippen molar-refractivity contribution in [1.82, 2.24) is 15.1 Å². The van der Waals surface area contributed by atoms with Gasteiger partial charge in [0.1, 0.15) is 0 Å². The van der Waals surface area contributed by atoms with Gasteiger partial charge in [-0.05, 0) is 19.8 Å².